The highest BCUT2D eigenvalue weighted by Gasteiger charge is 2.38. The number of carbonyl (C=O) groups excluding carboxylic acids is 2. The summed E-state index contributed by atoms with van der Waals surface area (Å²) in [5.74, 6) is -3.96. The van der Waals surface area contributed by atoms with Crippen LogP contribution in [0.5, 0.6) is 0 Å². The first-order valence-corrected chi connectivity index (χ1v) is 7.47. The molecule has 0 saturated heterocycles. The zero-order chi connectivity index (χ0) is 16.5. The number of imidazole rings is 1. The smallest absolute Gasteiger partial charge is 0.284 e. The molecule has 0 aliphatic heterocycles. The average Bonchev–Trinajstić information content (AvgIpc) is 2.87. The Morgan fingerprint density at radius 3 is 2.45 bits per heavy atom. The summed E-state index contributed by atoms with van der Waals surface area (Å²) < 4.78 is 28.1. The molecule has 2 N–H and O–H groups in total. The van der Waals surface area contributed by atoms with Gasteiger partial charge in [0.15, 0.2) is 5.82 Å². The maximum Gasteiger partial charge on any atom is 0.284 e. The van der Waals surface area contributed by atoms with Gasteiger partial charge in [-0.25, -0.2) is 13.8 Å². The van der Waals surface area contributed by atoms with Crippen LogP contribution in [0, 0.1) is 5.92 Å². The summed E-state index contributed by atoms with van der Waals surface area (Å²) in [7, 11) is 0. The number of halogens is 2. The SMILES string of the molecule is CC(C)n1cc(C(C=O)C2CCC(F)(F)CC2)nc1C(N)=O. The predicted molar refractivity (Wildman–Crippen MR) is 76.8 cm³/mol. The molecule has 7 heteroatoms. The van der Waals surface area contributed by atoms with Crippen LogP contribution in [-0.2, 0) is 4.79 Å². The van der Waals surface area contributed by atoms with E-state index in [1.54, 1.807) is 10.8 Å². The van der Waals surface area contributed by atoms with Crippen molar-refractivity contribution in [2.75, 3.05) is 0 Å². The number of nitrogens with zero attached hydrogens (tertiary/aromatic N) is 2. The molecule has 1 fully saturated rings. The molecule has 1 unspecified atom stereocenters. The van der Waals surface area contributed by atoms with Gasteiger partial charge in [0.1, 0.15) is 6.29 Å². The number of aldehydes is 1. The summed E-state index contributed by atoms with van der Waals surface area (Å²) in [6.07, 6.45) is 2.50. The van der Waals surface area contributed by atoms with Crippen molar-refractivity contribution in [1.82, 2.24) is 9.55 Å². The fraction of sp³-hybridized carbons (Fsp3) is 0.667. The fourth-order valence-electron chi connectivity index (χ4n) is 2.99. The number of aromatic nitrogens is 2. The van der Waals surface area contributed by atoms with Gasteiger partial charge in [0.2, 0.25) is 5.92 Å². The van der Waals surface area contributed by atoms with Crippen LogP contribution in [0.1, 0.15) is 67.8 Å². The molecule has 1 aliphatic rings. The lowest BCUT2D eigenvalue weighted by Crippen LogP contribution is -2.28. The van der Waals surface area contributed by atoms with Crippen molar-refractivity contribution in [3.05, 3.63) is 17.7 Å². The van der Waals surface area contributed by atoms with Crippen LogP contribution < -0.4 is 5.73 Å². The Bertz CT molecular complexity index is 559. The maximum absolute atomic E-state index is 13.3. The average molecular weight is 313 g/mol. The Labute approximate surface area is 127 Å². The second-order valence-electron chi connectivity index (χ2n) is 6.21. The minimum absolute atomic E-state index is 0.0354. The molecular formula is C15H21F2N3O2. The molecule has 1 aromatic heterocycles. The van der Waals surface area contributed by atoms with Crippen LogP contribution in [0.3, 0.4) is 0 Å². The topological polar surface area (TPSA) is 78.0 Å². The zero-order valence-electron chi connectivity index (χ0n) is 12.8. The van der Waals surface area contributed by atoms with Gasteiger partial charge in [0.05, 0.1) is 11.6 Å². The molecular weight excluding hydrogens is 292 g/mol. The molecule has 1 aromatic rings. The number of rotatable bonds is 5. The van der Waals surface area contributed by atoms with Crippen LogP contribution in [-0.4, -0.2) is 27.7 Å². The highest BCUT2D eigenvalue weighted by molar-refractivity contribution is 5.89. The third kappa shape index (κ3) is 3.34. The van der Waals surface area contributed by atoms with Crippen molar-refractivity contribution in [3.8, 4) is 0 Å². The van der Waals surface area contributed by atoms with Crippen molar-refractivity contribution < 1.29 is 18.4 Å². The molecule has 22 heavy (non-hydrogen) atoms. The Morgan fingerprint density at radius 1 is 1.45 bits per heavy atom. The number of hydrogen-bond donors (Lipinski definition) is 1. The summed E-state index contributed by atoms with van der Waals surface area (Å²) in [6.45, 7) is 3.74. The zero-order valence-corrected chi connectivity index (χ0v) is 12.8. The van der Waals surface area contributed by atoms with Gasteiger partial charge in [-0.05, 0) is 32.6 Å². The minimum atomic E-state index is -2.64. The molecule has 2 rings (SSSR count). The predicted octanol–water partition coefficient (Wildman–Crippen LogP) is 2.67. The van der Waals surface area contributed by atoms with Crippen molar-refractivity contribution in [3.63, 3.8) is 0 Å². The van der Waals surface area contributed by atoms with Crippen molar-refractivity contribution in [2.24, 2.45) is 11.7 Å². The first kappa shape index (κ1) is 16.6. The van der Waals surface area contributed by atoms with Gasteiger partial charge in [0.25, 0.3) is 5.91 Å². The minimum Gasteiger partial charge on any atom is -0.363 e. The van der Waals surface area contributed by atoms with E-state index >= 15 is 0 Å². The second kappa shape index (κ2) is 6.14. The van der Waals surface area contributed by atoms with Gasteiger partial charge >= 0.3 is 0 Å². The Balaban J connectivity index is 2.26. The lowest BCUT2D eigenvalue weighted by molar-refractivity contribution is -0.111. The monoisotopic (exact) mass is 313 g/mol. The third-order valence-corrected chi connectivity index (χ3v) is 4.29. The summed E-state index contributed by atoms with van der Waals surface area (Å²) in [6, 6.07) is -0.0354. The second-order valence-corrected chi connectivity index (χ2v) is 6.21. The van der Waals surface area contributed by atoms with Gasteiger partial charge < -0.3 is 15.1 Å². The van der Waals surface area contributed by atoms with Crippen molar-refractivity contribution in [1.29, 1.82) is 0 Å². The van der Waals surface area contributed by atoms with Crippen molar-refractivity contribution in [2.45, 2.75) is 57.4 Å². The summed E-state index contributed by atoms with van der Waals surface area (Å²) in [5.41, 5.74) is 5.75. The Kier molecular flexibility index (Phi) is 4.63. The standard InChI is InChI=1S/C15H21F2N3O2/c1-9(2)20-7-12(19-14(20)13(18)22)11(8-21)10-3-5-15(16,17)6-4-10/h7-11H,3-6H2,1-2H3,(H2,18,22). The van der Waals surface area contributed by atoms with Crippen LogP contribution in [0.25, 0.3) is 0 Å². The van der Waals surface area contributed by atoms with Crippen LogP contribution >= 0.6 is 0 Å². The van der Waals surface area contributed by atoms with E-state index in [0.29, 0.717) is 5.69 Å². The Morgan fingerprint density at radius 2 is 2.05 bits per heavy atom. The maximum atomic E-state index is 13.3. The number of alkyl halides is 2. The van der Waals surface area contributed by atoms with E-state index in [1.165, 1.54) is 0 Å². The number of hydrogen-bond acceptors (Lipinski definition) is 3. The highest BCUT2D eigenvalue weighted by Crippen LogP contribution is 2.41. The summed E-state index contributed by atoms with van der Waals surface area (Å²) in [4.78, 5) is 27.1. The molecule has 122 valence electrons. The van der Waals surface area contributed by atoms with Crippen LogP contribution in [0.15, 0.2) is 6.20 Å². The molecule has 0 aromatic carbocycles. The lowest BCUT2D eigenvalue weighted by Gasteiger charge is -2.30. The number of carbonyl (C=O) groups is 2. The number of nitrogens with two attached hydrogens (primary N) is 1. The quantitative estimate of drug-likeness (QED) is 0.849. The van der Waals surface area contributed by atoms with E-state index in [4.69, 9.17) is 5.73 Å². The molecule has 1 saturated carbocycles. The molecule has 0 spiro atoms. The van der Waals surface area contributed by atoms with Gasteiger partial charge in [-0.2, -0.15) is 0 Å². The lowest BCUT2D eigenvalue weighted by atomic mass is 9.78. The van der Waals surface area contributed by atoms with Gasteiger partial charge in [-0.1, -0.05) is 0 Å². The van der Waals surface area contributed by atoms with E-state index in [2.05, 4.69) is 4.98 Å². The Hall–Kier alpha value is -1.79. The largest absolute Gasteiger partial charge is 0.363 e. The third-order valence-electron chi connectivity index (χ3n) is 4.29. The van der Waals surface area contributed by atoms with E-state index in [0.717, 1.165) is 6.29 Å². The van der Waals surface area contributed by atoms with Gasteiger partial charge in [-0.15, -0.1) is 0 Å². The van der Waals surface area contributed by atoms with Crippen LogP contribution in [0.2, 0.25) is 0 Å². The van der Waals surface area contributed by atoms with E-state index in [9.17, 15) is 18.4 Å². The number of amides is 1. The number of primary amides is 1. The van der Waals surface area contributed by atoms with E-state index in [1.807, 2.05) is 13.8 Å². The van der Waals surface area contributed by atoms with Crippen molar-refractivity contribution >= 4 is 12.2 Å². The first-order valence-electron chi connectivity index (χ1n) is 7.47. The van der Waals surface area contributed by atoms with E-state index < -0.39 is 17.7 Å². The molecule has 1 amide bonds. The highest BCUT2D eigenvalue weighted by atomic mass is 19.3. The molecule has 1 aliphatic carbocycles. The normalized spacial score (nSPS) is 20.0. The summed E-state index contributed by atoms with van der Waals surface area (Å²) >= 11 is 0. The molecule has 5 nitrogen and oxygen atoms in total. The molecule has 1 atom stereocenters. The fourth-order valence-corrected chi connectivity index (χ4v) is 2.99. The first-order chi connectivity index (χ1) is 10.2. The molecule has 0 bridgehead atoms. The van der Waals surface area contributed by atoms with Gasteiger partial charge in [0, 0.05) is 25.1 Å². The van der Waals surface area contributed by atoms with Gasteiger partial charge in [-0.3, -0.25) is 4.79 Å². The molecule has 1 heterocycles. The van der Waals surface area contributed by atoms with Crippen LogP contribution in [0.4, 0.5) is 8.78 Å². The van der Waals surface area contributed by atoms with E-state index in [-0.39, 0.29) is 43.5 Å². The molecule has 0 radical (unpaired) electrons. The summed E-state index contributed by atoms with van der Waals surface area (Å²) in [5, 5.41) is 0.